The molecule has 27 heavy (non-hydrogen) atoms. The maximum atomic E-state index is 8.36. The van der Waals surface area contributed by atoms with Crippen LogP contribution < -0.4 is 0 Å². The highest BCUT2D eigenvalue weighted by molar-refractivity contribution is 5.32. The van der Waals surface area contributed by atoms with Gasteiger partial charge >= 0.3 is 0 Å². The molecular formula is C21H30N4O2. The molecule has 3 heterocycles. The standard InChI is InChI=1S/C20H28N4.CH2O2/c1-2-6-17(7-3-1)20-18(13-22-23-20)15-24-11-9-16(14-24)12-19-8-4-5-10-21-19;2-1-3/h4-5,8,10,13,16-17H,1-3,6-7,9,11-12,14-15H2,(H,22,23);1H,(H,2,3). The molecule has 1 atom stereocenters. The minimum absolute atomic E-state index is 0.250. The zero-order valence-electron chi connectivity index (χ0n) is 15.9. The molecule has 1 saturated carbocycles. The van der Waals surface area contributed by atoms with Crippen molar-refractivity contribution < 1.29 is 9.90 Å². The summed E-state index contributed by atoms with van der Waals surface area (Å²) in [7, 11) is 0. The van der Waals surface area contributed by atoms with E-state index in [2.05, 4.69) is 38.4 Å². The summed E-state index contributed by atoms with van der Waals surface area (Å²) in [5.41, 5.74) is 4.08. The monoisotopic (exact) mass is 370 g/mol. The smallest absolute Gasteiger partial charge is 0.290 e. The van der Waals surface area contributed by atoms with Crippen LogP contribution in [-0.4, -0.2) is 44.7 Å². The molecule has 2 aromatic rings. The number of aromatic nitrogens is 3. The minimum Gasteiger partial charge on any atom is -0.483 e. The summed E-state index contributed by atoms with van der Waals surface area (Å²) < 4.78 is 0. The summed E-state index contributed by atoms with van der Waals surface area (Å²) in [6, 6.07) is 6.24. The Kier molecular flexibility index (Phi) is 7.39. The Morgan fingerprint density at radius 3 is 2.78 bits per heavy atom. The molecule has 0 radical (unpaired) electrons. The van der Waals surface area contributed by atoms with E-state index >= 15 is 0 Å². The van der Waals surface area contributed by atoms with E-state index in [0.29, 0.717) is 5.92 Å². The molecule has 2 fully saturated rings. The molecule has 1 aliphatic carbocycles. The van der Waals surface area contributed by atoms with Crippen molar-refractivity contribution in [1.29, 1.82) is 0 Å². The van der Waals surface area contributed by atoms with Crippen LogP contribution in [0.5, 0.6) is 0 Å². The van der Waals surface area contributed by atoms with Crippen LogP contribution in [0.4, 0.5) is 0 Å². The van der Waals surface area contributed by atoms with E-state index in [9.17, 15) is 0 Å². The second kappa shape index (κ2) is 10.2. The molecular weight excluding hydrogens is 340 g/mol. The van der Waals surface area contributed by atoms with Gasteiger partial charge in [-0.15, -0.1) is 0 Å². The third-order valence-corrected chi connectivity index (χ3v) is 5.75. The highest BCUT2D eigenvalue weighted by Gasteiger charge is 2.26. The average Bonchev–Trinajstić information content (AvgIpc) is 3.34. The van der Waals surface area contributed by atoms with Crippen molar-refractivity contribution in [3.8, 4) is 0 Å². The van der Waals surface area contributed by atoms with E-state index in [4.69, 9.17) is 9.90 Å². The molecule has 0 bridgehead atoms. The Balaban J connectivity index is 0.000000659. The van der Waals surface area contributed by atoms with Crippen molar-refractivity contribution in [2.24, 2.45) is 5.92 Å². The molecule has 146 valence electrons. The fourth-order valence-corrected chi connectivity index (χ4v) is 4.47. The molecule has 2 aromatic heterocycles. The first-order valence-electron chi connectivity index (χ1n) is 10.0. The van der Waals surface area contributed by atoms with E-state index < -0.39 is 0 Å². The van der Waals surface area contributed by atoms with Crippen LogP contribution in [0, 0.1) is 5.92 Å². The molecule has 1 unspecified atom stereocenters. The highest BCUT2D eigenvalue weighted by Crippen LogP contribution is 2.34. The number of nitrogens with zero attached hydrogens (tertiary/aromatic N) is 3. The fourth-order valence-electron chi connectivity index (χ4n) is 4.47. The van der Waals surface area contributed by atoms with Gasteiger partial charge in [-0.25, -0.2) is 0 Å². The van der Waals surface area contributed by atoms with E-state index in [1.54, 1.807) is 0 Å². The Hall–Kier alpha value is -2.21. The van der Waals surface area contributed by atoms with Gasteiger partial charge in [0, 0.05) is 42.2 Å². The number of H-pyrrole nitrogens is 1. The lowest BCUT2D eigenvalue weighted by molar-refractivity contribution is -0.122. The van der Waals surface area contributed by atoms with Gasteiger partial charge in [-0.05, 0) is 50.3 Å². The molecule has 0 spiro atoms. The van der Waals surface area contributed by atoms with Gasteiger partial charge in [0.1, 0.15) is 0 Å². The summed E-state index contributed by atoms with van der Waals surface area (Å²) >= 11 is 0. The highest BCUT2D eigenvalue weighted by atomic mass is 16.3. The maximum Gasteiger partial charge on any atom is 0.290 e. The first kappa shape index (κ1) is 19.5. The van der Waals surface area contributed by atoms with Crippen LogP contribution >= 0.6 is 0 Å². The molecule has 4 rings (SSSR count). The predicted molar refractivity (Wildman–Crippen MR) is 104 cm³/mol. The number of aromatic amines is 1. The molecule has 0 amide bonds. The van der Waals surface area contributed by atoms with Gasteiger partial charge in [-0.1, -0.05) is 25.3 Å². The second-order valence-electron chi connectivity index (χ2n) is 7.66. The third kappa shape index (κ3) is 5.63. The van der Waals surface area contributed by atoms with Crippen molar-refractivity contribution in [2.45, 2.75) is 57.4 Å². The average molecular weight is 370 g/mol. The Bertz CT molecular complexity index is 682. The van der Waals surface area contributed by atoms with Crippen LogP contribution in [0.15, 0.2) is 30.6 Å². The van der Waals surface area contributed by atoms with Gasteiger partial charge in [0.15, 0.2) is 0 Å². The first-order valence-corrected chi connectivity index (χ1v) is 10.0. The number of likely N-dealkylation sites (tertiary alicyclic amines) is 1. The number of nitrogens with one attached hydrogen (secondary N) is 1. The van der Waals surface area contributed by atoms with Gasteiger partial charge in [0.05, 0.1) is 6.20 Å². The minimum atomic E-state index is -0.250. The van der Waals surface area contributed by atoms with Gasteiger partial charge in [-0.3, -0.25) is 19.8 Å². The van der Waals surface area contributed by atoms with E-state index in [1.165, 1.54) is 68.6 Å². The number of carboxylic acid groups (broad SMARTS) is 1. The molecule has 6 nitrogen and oxygen atoms in total. The Morgan fingerprint density at radius 1 is 1.22 bits per heavy atom. The molecule has 6 heteroatoms. The maximum absolute atomic E-state index is 8.36. The summed E-state index contributed by atoms with van der Waals surface area (Å²) in [5, 5.41) is 14.6. The molecule has 1 aliphatic heterocycles. The summed E-state index contributed by atoms with van der Waals surface area (Å²) in [6.07, 6.45) is 13.2. The molecule has 0 aromatic carbocycles. The van der Waals surface area contributed by atoms with Crippen LogP contribution in [0.1, 0.15) is 61.4 Å². The van der Waals surface area contributed by atoms with Gasteiger partial charge in [0.25, 0.3) is 6.47 Å². The van der Waals surface area contributed by atoms with Gasteiger partial charge < -0.3 is 5.11 Å². The Morgan fingerprint density at radius 2 is 2.04 bits per heavy atom. The number of carbonyl (C=O) groups is 1. The van der Waals surface area contributed by atoms with E-state index in [0.717, 1.165) is 18.9 Å². The topological polar surface area (TPSA) is 82.1 Å². The lowest BCUT2D eigenvalue weighted by atomic mass is 9.85. The lowest BCUT2D eigenvalue weighted by Gasteiger charge is -2.23. The predicted octanol–water partition coefficient (Wildman–Crippen LogP) is 3.62. The zero-order valence-corrected chi connectivity index (χ0v) is 15.9. The summed E-state index contributed by atoms with van der Waals surface area (Å²) in [4.78, 5) is 15.4. The number of rotatable bonds is 5. The van der Waals surface area contributed by atoms with Crippen LogP contribution in [0.3, 0.4) is 0 Å². The van der Waals surface area contributed by atoms with Gasteiger partial charge in [0.2, 0.25) is 0 Å². The fraction of sp³-hybridized carbons (Fsp3) is 0.571. The van der Waals surface area contributed by atoms with E-state index in [1.807, 2.05) is 12.3 Å². The second-order valence-corrected chi connectivity index (χ2v) is 7.66. The quantitative estimate of drug-likeness (QED) is 0.786. The number of hydrogen-bond acceptors (Lipinski definition) is 4. The van der Waals surface area contributed by atoms with Crippen molar-refractivity contribution in [1.82, 2.24) is 20.1 Å². The van der Waals surface area contributed by atoms with Crippen molar-refractivity contribution in [2.75, 3.05) is 13.1 Å². The first-order chi connectivity index (χ1) is 13.3. The van der Waals surface area contributed by atoms with Crippen LogP contribution in [0.2, 0.25) is 0 Å². The van der Waals surface area contributed by atoms with Gasteiger partial charge in [-0.2, -0.15) is 5.10 Å². The molecule has 1 saturated heterocycles. The summed E-state index contributed by atoms with van der Waals surface area (Å²) in [5.74, 6) is 1.45. The largest absolute Gasteiger partial charge is 0.483 e. The lowest BCUT2D eigenvalue weighted by Crippen LogP contribution is -2.21. The number of hydrogen-bond donors (Lipinski definition) is 2. The molecule has 2 N–H and O–H groups in total. The number of pyridine rings is 1. The third-order valence-electron chi connectivity index (χ3n) is 5.75. The zero-order chi connectivity index (χ0) is 18.9. The SMILES string of the molecule is O=CO.c1ccc(CC2CCN(Cc3cn[nH]c3C3CCCCC3)C2)nc1. The normalized spacial score (nSPS) is 20.8. The van der Waals surface area contributed by atoms with E-state index in [-0.39, 0.29) is 6.47 Å². The Labute approximate surface area is 161 Å². The molecule has 2 aliphatic rings. The van der Waals surface area contributed by atoms with Crippen molar-refractivity contribution in [3.05, 3.63) is 47.5 Å². The summed E-state index contributed by atoms with van der Waals surface area (Å²) in [6.45, 7) is 3.19. The van der Waals surface area contributed by atoms with Crippen LogP contribution in [-0.2, 0) is 17.8 Å². The van der Waals surface area contributed by atoms with Crippen molar-refractivity contribution in [3.63, 3.8) is 0 Å². The van der Waals surface area contributed by atoms with Crippen LogP contribution in [0.25, 0.3) is 0 Å². The van der Waals surface area contributed by atoms with Crippen molar-refractivity contribution >= 4 is 6.47 Å².